The van der Waals surface area contributed by atoms with Gasteiger partial charge in [-0.15, -0.1) is 0 Å². The summed E-state index contributed by atoms with van der Waals surface area (Å²) < 4.78 is 0. The number of carbonyl (C=O) groups is 1. The molecular formula is C16H22N2O2. The molecule has 3 rings (SSSR count). The molecule has 0 saturated carbocycles. The molecule has 1 N–H and O–H groups in total. The number of likely N-dealkylation sites (tertiary alicyclic amines) is 1. The van der Waals surface area contributed by atoms with Gasteiger partial charge in [-0.25, -0.2) is 0 Å². The molecule has 0 spiro atoms. The molecule has 1 saturated heterocycles. The molecule has 20 heavy (non-hydrogen) atoms. The summed E-state index contributed by atoms with van der Waals surface area (Å²) in [6.07, 6.45) is 2.59. The first kappa shape index (κ1) is 13.6. The minimum Gasteiger partial charge on any atom is -0.373 e. The van der Waals surface area contributed by atoms with Crippen LogP contribution in [0.1, 0.15) is 30.4 Å². The van der Waals surface area contributed by atoms with Gasteiger partial charge in [-0.2, -0.15) is 0 Å². The lowest BCUT2D eigenvalue weighted by molar-refractivity contribution is -0.136. The highest BCUT2D eigenvalue weighted by Gasteiger charge is 2.26. The zero-order chi connectivity index (χ0) is 13.9. The van der Waals surface area contributed by atoms with Crippen LogP contribution in [-0.2, 0) is 17.8 Å². The molecule has 2 heterocycles. The van der Waals surface area contributed by atoms with Gasteiger partial charge in [0.2, 0.25) is 5.91 Å². The molecule has 1 aromatic rings. The van der Waals surface area contributed by atoms with Gasteiger partial charge < -0.3 is 10.0 Å². The SMILES string of the molecule is O=C1CCCN1C(O)CCN1CCc2ccccc2C1. The second-order valence-electron chi connectivity index (χ2n) is 5.75. The van der Waals surface area contributed by atoms with Crippen LogP contribution in [0, 0.1) is 0 Å². The third-order valence-corrected chi connectivity index (χ3v) is 4.38. The average Bonchev–Trinajstić information content (AvgIpc) is 2.91. The predicted molar refractivity (Wildman–Crippen MR) is 77.0 cm³/mol. The number of hydrogen-bond donors (Lipinski definition) is 1. The molecular weight excluding hydrogens is 252 g/mol. The number of nitrogens with zero attached hydrogens (tertiary/aromatic N) is 2. The summed E-state index contributed by atoms with van der Waals surface area (Å²) >= 11 is 0. The van der Waals surface area contributed by atoms with Gasteiger partial charge >= 0.3 is 0 Å². The smallest absolute Gasteiger partial charge is 0.224 e. The summed E-state index contributed by atoms with van der Waals surface area (Å²) in [6.45, 7) is 3.55. The first-order valence-corrected chi connectivity index (χ1v) is 7.51. The summed E-state index contributed by atoms with van der Waals surface area (Å²) in [5.74, 6) is 0.0986. The summed E-state index contributed by atoms with van der Waals surface area (Å²) in [4.78, 5) is 15.6. The van der Waals surface area contributed by atoms with Crippen LogP contribution in [-0.4, -0.2) is 46.7 Å². The Kier molecular flexibility index (Phi) is 4.03. The molecule has 108 valence electrons. The van der Waals surface area contributed by atoms with Crippen LogP contribution in [0.15, 0.2) is 24.3 Å². The largest absolute Gasteiger partial charge is 0.373 e. The van der Waals surface area contributed by atoms with Gasteiger partial charge in [0.25, 0.3) is 0 Å². The van der Waals surface area contributed by atoms with Gasteiger partial charge in [-0.3, -0.25) is 9.69 Å². The molecule has 0 bridgehead atoms. The van der Waals surface area contributed by atoms with Gasteiger partial charge in [-0.05, 0) is 24.0 Å². The lowest BCUT2D eigenvalue weighted by Crippen LogP contribution is -2.40. The summed E-state index contributed by atoms with van der Waals surface area (Å²) in [5, 5.41) is 10.1. The highest BCUT2D eigenvalue weighted by molar-refractivity contribution is 5.78. The topological polar surface area (TPSA) is 43.8 Å². The van der Waals surface area contributed by atoms with Crippen LogP contribution >= 0.6 is 0 Å². The number of fused-ring (bicyclic) bond motifs is 1. The molecule has 1 amide bonds. The van der Waals surface area contributed by atoms with Crippen molar-refractivity contribution < 1.29 is 9.90 Å². The van der Waals surface area contributed by atoms with Crippen LogP contribution in [0.4, 0.5) is 0 Å². The third-order valence-electron chi connectivity index (χ3n) is 4.38. The lowest BCUT2D eigenvalue weighted by Gasteiger charge is -2.31. The first-order valence-electron chi connectivity index (χ1n) is 7.51. The highest BCUT2D eigenvalue weighted by atomic mass is 16.3. The Morgan fingerprint density at radius 3 is 2.70 bits per heavy atom. The van der Waals surface area contributed by atoms with E-state index in [0.717, 1.165) is 32.5 Å². The highest BCUT2D eigenvalue weighted by Crippen LogP contribution is 2.20. The Balaban J connectivity index is 1.51. The van der Waals surface area contributed by atoms with E-state index < -0.39 is 6.23 Å². The molecule has 1 aromatic carbocycles. The van der Waals surface area contributed by atoms with Crippen molar-refractivity contribution in [3.8, 4) is 0 Å². The van der Waals surface area contributed by atoms with Crippen LogP contribution in [0.25, 0.3) is 0 Å². The normalized spacial score (nSPS) is 21.1. The van der Waals surface area contributed by atoms with Crippen molar-refractivity contribution in [3.05, 3.63) is 35.4 Å². The van der Waals surface area contributed by atoms with Crippen molar-refractivity contribution in [2.24, 2.45) is 0 Å². The molecule has 4 heteroatoms. The maximum Gasteiger partial charge on any atom is 0.224 e. The van der Waals surface area contributed by atoms with E-state index in [4.69, 9.17) is 0 Å². The van der Waals surface area contributed by atoms with Gasteiger partial charge in [0.15, 0.2) is 0 Å². The lowest BCUT2D eigenvalue weighted by atomic mass is 10.00. The standard InChI is InChI=1S/C16H22N2O2/c19-15-6-3-9-18(15)16(20)8-11-17-10-7-13-4-1-2-5-14(13)12-17/h1-2,4-5,16,20H,3,6-12H2. The van der Waals surface area contributed by atoms with E-state index in [0.29, 0.717) is 19.4 Å². The molecule has 2 aliphatic rings. The molecule has 1 atom stereocenters. The Labute approximate surface area is 120 Å². The monoisotopic (exact) mass is 274 g/mol. The van der Waals surface area contributed by atoms with Crippen LogP contribution < -0.4 is 0 Å². The number of amides is 1. The minimum absolute atomic E-state index is 0.0986. The minimum atomic E-state index is -0.609. The van der Waals surface area contributed by atoms with E-state index in [2.05, 4.69) is 29.2 Å². The maximum absolute atomic E-state index is 11.6. The second kappa shape index (κ2) is 5.94. The molecule has 4 nitrogen and oxygen atoms in total. The predicted octanol–water partition coefficient (Wildman–Crippen LogP) is 1.38. The third kappa shape index (κ3) is 2.86. The number of aliphatic hydroxyl groups excluding tert-OH is 1. The van der Waals surface area contributed by atoms with Gasteiger partial charge in [0, 0.05) is 39.0 Å². The fourth-order valence-corrected chi connectivity index (χ4v) is 3.18. The summed E-state index contributed by atoms with van der Waals surface area (Å²) in [5.41, 5.74) is 2.84. The Morgan fingerprint density at radius 2 is 1.95 bits per heavy atom. The number of benzene rings is 1. The van der Waals surface area contributed by atoms with Crippen molar-refractivity contribution in [2.45, 2.75) is 38.5 Å². The van der Waals surface area contributed by atoms with Gasteiger partial charge in [-0.1, -0.05) is 24.3 Å². The zero-order valence-corrected chi connectivity index (χ0v) is 11.8. The Bertz CT molecular complexity index is 489. The molecule has 0 aromatic heterocycles. The molecule has 1 unspecified atom stereocenters. The number of hydrogen-bond acceptors (Lipinski definition) is 3. The van der Waals surface area contributed by atoms with Crippen molar-refractivity contribution in [1.82, 2.24) is 9.80 Å². The quantitative estimate of drug-likeness (QED) is 0.902. The van der Waals surface area contributed by atoms with E-state index in [1.807, 2.05) is 0 Å². The fourth-order valence-electron chi connectivity index (χ4n) is 3.18. The van der Waals surface area contributed by atoms with Crippen molar-refractivity contribution >= 4 is 5.91 Å². The van der Waals surface area contributed by atoms with Crippen molar-refractivity contribution in [2.75, 3.05) is 19.6 Å². The number of rotatable bonds is 4. The second-order valence-corrected chi connectivity index (χ2v) is 5.75. The Morgan fingerprint density at radius 1 is 1.15 bits per heavy atom. The fraction of sp³-hybridized carbons (Fsp3) is 0.562. The first-order chi connectivity index (χ1) is 9.74. The molecule has 0 radical (unpaired) electrons. The van der Waals surface area contributed by atoms with Crippen LogP contribution in [0.5, 0.6) is 0 Å². The maximum atomic E-state index is 11.6. The van der Waals surface area contributed by atoms with Crippen LogP contribution in [0.2, 0.25) is 0 Å². The van der Waals surface area contributed by atoms with E-state index in [1.54, 1.807) is 4.90 Å². The molecule has 2 aliphatic heterocycles. The average molecular weight is 274 g/mol. The van der Waals surface area contributed by atoms with Crippen molar-refractivity contribution in [1.29, 1.82) is 0 Å². The van der Waals surface area contributed by atoms with Crippen LogP contribution in [0.3, 0.4) is 0 Å². The zero-order valence-electron chi connectivity index (χ0n) is 11.8. The van der Waals surface area contributed by atoms with E-state index in [9.17, 15) is 9.90 Å². The van der Waals surface area contributed by atoms with E-state index in [-0.39, 0.29) is 5.91 Å². The molecule has 1 fully saturated rings. The van der Waals surface area contributed by atoms with Gasteiger partial charge in [0.1, 0.15) is 6.23 Å². The molecule has 0 aliphatic carbocycles. The summed E-state index contributed by atoms with van der Waals surface area (Å²) in [7, 11) is 0. The van der Waals surface area contributed by atoms with Gasteiger partial charge in [0.05, 0.1) is 0 Å². The van der Waals surface area contributed by atoms with Crippen molar-refractivity contribution in [3.63, 3.8) is 0 Å². The number of aliphatic hydroxyl groups is 1. The van der Waals surface area contributed by atoms with E-state index in [1.165, 1.54) is 11.1 Å². The Hall–Kier alpha value is -1.39. The number of carbonyl (C=O) groups excluding carboxylic acids is 1. The summed E-state index contributed by atoms with van der Waals surface area (Å²) in [6, 6.07) is 8.56. The van der Waals surface area contributed by atoms with E-state index >= 15 is 0 Å².